The van der Waals surface area contributed by atoms with Gasteiger partial charge in [0, 0.05) is 18.3 Å². The smallest absolute Gasteiger partial charge is 0.271 e. The minimum absolute atomic E-state index is 0.0806. The van der Waals surface area contributed by atoms with Crippen LogP contribution in [-0.4, -0.2) is 40.9 Å². The fourth-order valence-electron chi connectivity index (χ4n) is 4.01. The molecule has 1 aromatic carbocycles. The summed E-state index contributed by atoms with van der Waals surface area (Å²) in [6.45, 7) is 0.474. The molecule has 3 heterocycles. The molecule has 2 aliphatic rings. The van der Waals surface area contributed by atoms with Gasteiger partial charge in [-0.3, -0.25) is 14.0 Å². The molecule has 1 unspecified atom stereocenters. The third-order valence-corrected chi connectivity index (χ3v) is 6.28. The molecule has 1 atom stereocenters. The van der Waals surface area contributed by atoms with Crippen LogP contribution in [-0.2, 0) is 4.84 Å². The SMILES string of the molecule is CONC1CN(c2c(F)ccc3c2c(=O)c2c(=O)[nH]sc2n3C2CC2)CC1=N. The molecule has 146 valence electrons. The molecule has 2 fully saturated rings. The third kappa shape index (κ3) is 2.45. The summed E-state index contributed by atoms with van der Waals surface area (Å²) in [5.41, 5.74) is 2.94. The van der Waals surface area contributed by atoms with Crippen molar-refractivity contribution in [3.8, 4) is 0 Å². The Morgan fingerprint density at radius 2 is 2.11 bits per heavy atom. The van der Waals surface area contributed by atoms with E-state index in [4.69, 9.17) is 10.2 Å². The fraction of sp³-hybridized carbons (Fsp3) is 0.389. The van der Waals surface area contributed by atoms with Gasteiger partial charge in [0.2, 0.25) is 5.43 Å². The highest BCUT2D eigenvalue weighted by molar-refractivity contribution is 7.12. The Bertz CT molecular complexity index is 1240. The van der Waals surface area contributed by atoms with Crippen molar-refractivity contribution in [3.05, 3.63) is 38.5 Å². The zero-order valence-electron chi connectivity index (χ0n) is 15.0. The first-order valence-electron chi connectivity index (χ1n) is 9.00. The van der Waals surface area contributed by atoms with Gasteiger partial charge in [0.25, 0.3) is 5.56 Å². The van der Waals surface area contributed by atoms with Gasteiger partial charge >= 0.3 is 0 Å². The summed E-state index contributed by atoms with van der Waals surface area (Å²) in [6.07, 6.45) is 1.92. The molecule has 1 aliphatic heterocycles. The van der Waals surface area contributed by atoms with Gasteiger partial charge in [-0.05, 0) is 36.5 Å². The Morgan fingerprint density at radius 1 is 1.32 bits per heavy atom. The molecule has 10 heteroatoms. The summed E-state index contributed by atoms with van der Waals surface area (Å²) >= 11 is 1.15. The monoisotopic (exact) mass is 403 g/mol. The number of benzene rings is 1. The summed E-state index contributed by atoms with van der Waals surface area (Å²) in [6, 6.07) is 2.79. The van der Waals surface area contributed by atoms with E-state index in [-0.39, 0.29) is 29.0 Å². The molecule has 1 saturated carbocycles. The molecule has 5 rings (SSSR count). The van der Waals surface area contributed by atoms with Gasteiger partial charge in [0.1, 0.15) is 16.0 Å². The lowest BCUT2D eigenvalue weighted by molar-refractivity contribution is 0.0820. The number of nitrogens with one attached hydrogen (secondary N) is 3. The maximum absolute atomic E-state index is 15.0. The average Bonchev–Trinajstić information content (AvgIpc) is 3.34. The Labute approximate surface area is 162 Å². The van der Waals surface area contributed by atoms with Crippen molar-refractivity contribution in [1.82, 2.24) is 14.4 Å². The number of hydrogen-bond acceptors (Lipinski definition) is 7. The van der Waals surface area contributed by atoms with E-state index in [1.807, 2.05) is 4.57 Å². The number of H-pyrrole nitrogens is 1. The third-order valence-electron chi connectivity index (χ3n) is 5.39. The minimum Gasteiger partial charge on any atom is -0.361 e. The number of pyridine rings is 1. The summed E-state index contributed by atoms with van der Waals surface area (Å²) in [5.74, 6) is -0.538. The minimum atomic E-state index is -0.538. The number of hydrogen-bond donors (Lipinski definition) is 3. The van der Waals surface area contributed by atoms with E-state index in [9.17, 15) is 14.0 Å². The topological polar surface area (TPSA) is 103 Å². The van der Waals surface area contributed by atoms with Crippen LogP contribution in [0.4, 0.5) is 10.1 Å². The van der Waals surface area contributed by atoms with Crippen LogP contribution in [0, 0.1) is 11.2 Å². The summed E-state index contributed by atoms with van der Waals surface area (Å²) in [5, 5.41) is 8.42. The van der Waals surface area contributed by atoms with E-state index in [1.165, 1.54) is 13.2 Å². The van der Waals surface area contributed by atoms with Gasteiger partial charge in [-0.25, -0.2) is 4.39 Å². The van der Waals surface area contributed by atoms with E-state index in [1.54, 1.807) is 11.0 Å². The zero-order valence-corrected chi connectivity index (χ0v) is 15.9. The standard InChI is InChI=1S/C18H18FN5O3S/c1-27-21-11-7-23(6-10(11)20)15-9(19)4-5-12-13(15)16(25)14-17(26)22-28-18(14)24(12)8-2-3-8/h4-5,8,11,20-21H,2-3,6-7H2,1H3,(H,22,26). The lowest BCUT2D eigenvalue weighted by Crippen LogP contribution is -2.35. The molecule has 28 heavy (non-hydrogen) atoms. The number of rotatable bonds is 4. The predicted octanol–water partition coefficient (Wildman–Crippen LogP) is 1.74. The van der Waals surface area contributed by atoms with E-state index < -0.39 is 22.8 Å². The largest absolute Gasteiger partial charge is 0.361 e. The number of halogens is 1. The Balaban J connectivity index is 1.82. The quantitative estimate of drug-likeness (QED) is 0.576. The number of nitrogens with zero attached hydrogens (tertiary/aromatic N) is 2. The molecule has 3 N–H and O–H groups in total. The number of hydroxylamine groups is 1. The van der Waals surface area contributed by atoms with Gasteiger partial charge in [-0.2, -0.15) is 5.48 Å². The first kappa shape index (κ1) is 17.5. The maximum atomic E-state index is 15.0. The van der Waals surface area contributed by atoms with Crippen LogP contribution >= 0.6 is 11.5 Å². The van der Waals surface area contributed by atoms with Crippen LogP contribution in [0.2, 0.25) is 0 Å². The van der Waals surface area contributed by atoms with Crippen molar-refractivity contribution in [1.29, 1.82) is 5.41 Å². The van der Waals surface area contributed by atoms with Crippen LogP contribution in [0.3, 0.4) is 0 Å². The lowest BCUT2D eigenvalue weighted by Gasteiger charge is -2.22. The fourth-order valence-corrected chi connectivity index (χ4v) is 4.94. The first-order valence-corrected chi connectivity index (χ1v) is 9.81. The Hall–Kier alpha value is -2.56. The number of fused-ring (bicyclic) bond motifs is 2. The van der Waals surface area contributed by atoms with Crippen LogP contribution < -0.4 is 21.4 Å². The Kier molecular flexibility index (Phi) is 3.90. The number of anilines is 1. The van der Waals surface area contributed by atoms with Crippen molar-refractivity contribution in [2.45, 2.75) is 24.9 Å². The van der Waals surface area contributed by atoms with Gasteiger partial charge < -0.3 is 19.7 Å². The molecule has 0 spiro atoms. The summed E-state index contributed by atoms with van der Waals surface area (Å²) < 4.78 is 19.6. The highest BCUT2D eigenvalue weighted by Gasteiger charge is 2.34. The van der Waals surface area contributed by atoms with Crippen LogP contribution in [0.15, 0.2) is 21.7 Å². The van der Waals surface area contributed by atoms with E-state index in [0.29, 0.717) is 22.6 Å². The highest BCUT2D eigenvalue weighted by Crippen LogP contribution is 2.41. The molecule has 1 aliphatic carbocycles. The van der Waals surface area contributed by atoms with E-state index >= 15 is 0 Å². The predicted molar refractivity (Wildman–Crippen MR) is 106 cm³/mol. The average molecular weight is 403 g/mol. The highest BCUT2D eigenvalue weighted by atomic mass is 32.1. The van der Waals surface area contributed by atoms with Gasteiger partial charge in [0.15, 0.2) is 0 Å². The Morgan fingerprint density at radius 3 is 2.82 bits per heavy atom. The van der Waals surface area contributed by atoms with Crippen molar-refractivity contribution in [2.75, 3.05) is 25.1 Å². The van der Waals surface area contributed by atoms with Gasteiger partial charge in [-0.1, -0.05) is 0 Å². The first-order chi connectivity index (χ1) is 13.5. The second-order valence-electron chi connectivity index (χ2n) is 7.21. The molecule has 0 bridgehead atoms. The molecule has 3 aromatic rings. The molecule has 0 amide bonds. The van der Waals surface area contributed by atoms with Crippen molar-refractivity contribution < 1.29 is 9.23 Å². The van der Waals surface area contributed by atoms with Crippen molar-refractivity contribution in [3.63, 3.8) is 0 Å². The van der Waals surface area contributed by atoms with Crippen LogP contribution in [0.5, 0.6) is 0 Å². The number of aromatic nitrogens is 2. The molecule has 8 nitrogen and oxygen atoms in total. The summed E-state index contributed by atoms with van der Waals surface area (Å²) in [4.78, 5) is 32.8. The molecular formula is C18H18FN5O3S. The van der Waals surface area contributed by atoms with Crippen LogP contribution in [0.25, 0.3) is 21.1 Å². The van der Waals surface area contributed by atoms with Crippen molar-refractivity contribution in [2.24, 2.45) is 0 Å². The molecule has 2 aromatic heterocycles. The lowest BCUT2D eigenvalue weighted by atomic mass is 10.1. The molecular weight excluding hydrogens is 385 g/mol. The van der Waals surface area contributed by atoms with Gasteiger partial charge in [-0.15, -0.1) is 0 Å². The van der Waals surface area contributed by atoms with Gasteiger partial charge in [0.05, 0.1) is 36.3 Å². The normalized spacial score (nSPS) is 20.0. The van der Waals surface area contributed by atoms with E-state index in [2.05, 4.69) is 9.85 Å². The summed E-state index contributed by atoms with van der Waals surface area (Å²) in [7, 11) is 1.46. The second-order valence-corrected chi connectivity index (χ2v) is 8.01. The zero-order chi connectivity index (χ0) is 19.6. The second kappa shape index (κ2) is 6.23. The van der Waals surface area contributed by atoms with Crippen LogP contribution in [0.1, 0.15) is 18.9 Å². The molecule has 0 radical (unpaired) electrons. The maximum Gasteiger partial charge on any atom is 0.271 e. The number of aromatic amines is 1. The molecule has 1 saturated heterocycles. The van der Waals surface area contributed by atoms with E-state index in [0.717, 1.165) is 24.4 Å². The van der Waals surface area contributed by atoms with Crippen molar-refractivity contribution >= 4 is 44.1 Å².